The van der Waals surface area contributed by atoms with E-state index in [-0.39, 0.29) is 24.7 Å². The van der Waals surface area contributed by atoms with Gasteiger partial charge in [-0.15, -0.1) is 0 Å². The first kappa shape index (κ1) is 9.58. The lowest BCUT2D eigenvalue weighted by atomic mass is 10.1. The van der Waals surface area contributed by atoms with Crippen LogP contribution in [-0.4, -0.2) is 18.2 Å². The van der Waals surface area contributed by atoms with Crippen LogP contribution in [0.5, 0.6) is 0 Å². The van der Waals surface area contributed by atoms with E-state index in [2.05, 4.69) is 6.07 Å². The van der Waals surface area contributed by atoms with Crippen LogP contribution in [0.1, 0.15) is 30.7 Å². The minimum Gasteiger partial charge on any atom is -0.304 e. The highest BCUT2D eigenvalue weighted by molar-refractivity contribution is 6.15. The Morgan fingerprint density at radius 2 is 1.88 bits per heavy atom. The first-order valence-corrected chi connectivity index (χ1v) is 5.66. The summed E-state index contributed by atoms with van der Waals surface area (Å²) in [7, 11) is 0. The van der Waals surface area contributed by atoms with Crippen LogP contribution in [0, 0.1) is 0 Å². The van der Waals surface area contributed by atoms with Crippen molar-refractivity contribution in [1.29, 1.82) is 0 Å². The molecule has 1 aromatic rings. The van der Waals surface area contributed by atoms with Gasteiger partial charge in [0.1, 0.15) is 0 Å². The van der Waals surface area contributed by atoms with Crippen molar-refractivity contribution in [1.82, 2.24) is 0 Å². The van der Waals surface area contributed by atoms with E-state index in [9.17, 15) is 9.59 Å². The predicted molar refractivity (Wildman–Crippen MR) is 60.4 cm³/mol. The highest BCUT2D eigenvalue weighted by Crippen LogP contribution is 2.44. The summed E-state index contributed by atoms with van der Waals surface area (Å²) in [6.07, 6.45) is 2.47. The molecule has 1 saturated carbocycles. The number of carbonyl (C=O) groups is 2. The van der Waals surface area contributed by atoms with E-state index in [1.165, 1.54) is 18.4 Å². The molecule has 2 aliphatic rings. The summed E-state index contributed by atoms with van der Waals surface area (Å²) in [6, 6.07) is 7.95. The molecule has 1 amide bonds. The second kappa shape index (κ2) is 3.44. The molecule has 3 nitrogen and oxygen atoms in total. The van der Waals surface area contributed by atoms with Crippen molar-refractivity contribution in [3.63, 3.8) is 0 Å². The van der Waals surface area contributed by atoms with Crippen molar-refractivity contribution in [3.05, 3.63) is 29.8 Å². The third-order valence-electron chi connectivity index (χ3n) is 3.23. The summed E-state index contributed by atoms with van der Waals surface area (Å²) in [5, 5.41) is 0. The minimum atomic E-state index is -0.0573. The van der Waals surface area contributed by atoms with E-state index >= 15 is 0 Å². The van der Waals surface area contributed by atoms with Crippen LogP contribution >= 0.6 is 0 Å². The number of Topliss-reactive ketones (excluding diaryl/α,β-unsaturated/α-hetero) is 1. The first-order valence-electron chi connectivity index (χ1n) is 5.66. The molecule has 0 radical (unpaired) electrons. The molecule has 0 atom stereocenters. The average molecular weight is 215 g/mol. The molecule has 1 aromatic carbocycles. The SMILES string of the molecule is O=C1CC(=O)N(c2ccccc2C2CC2)C1. The lowest BCUT2D eigenvalue weighted by molar-refractivity contribution is -0.121. The van der Waals surface area contributed by atoms with Crippen molar-refractivity contribution in [2.75, 3.05) is 11.4 Å². The minimum absolute atomic E-state index is 0.0237. The summed E-state index contributed by atoms with van der Waals surface area (Å²) in [5.74, 6) is 0.563. The van der Waals surface area contributed by atoms with Gasteiger partial charge in [-0.05, 0) is 30.4 Å². The highest BCUT2D eigenvalue weighted by atomic mass is 16.2. The smallest absolute Gasteiger partial charge is 0.234 e. The third kappa shape index (κ3) is 1.52. The molecule has 0 bridgehead atoms. The Morgan fingerprint density at radius 3 is 2.50 bits per heavy atom. The zero-order valence-electron chi connectivity index (χ0n) is 8.98. The van der Waals surface area contributed by atoms with Crippen molar-refractivity contribution >= 4 is 17.4 Å². The van der Waals surface area contributed by atoms with Crippen LogP contribution in [0.15, 0.2) is 24.3 Å². The fraction of sp³-hybridized carbons (Fsp3) is 0.385. The largest absolute Gasteiger partial charge is 0.304 e. The molecular weight excluding hydrogens is 202 g/mol. The molecule has 0 spiro atoms. The Morgan fingerprint density at radius 1 is 1.12 bits per heavy atom. The maximum atomic E-state index is 11.7. The predicted octanol–water partition coefficient (Wildman–Crippen LogP) is 1.87. The van der Waals surface area contributed by atoms with Gasteiger partial charge in [0.25, 0.3) is 0 Å². The molecule has 1 heterocycles. The van der Waals surface area contributed by atoms with Crippen molar-refractivity contribution in [3.8, 4) is 0 Å². The van der Waals surface area contributed by atoms with Crippen LogP contribution in [-0.2, 0) is 9.59 Å². The molecule has 3 rings (SSSR count). The van der Waals surface area contributed by atoms with Crippen LogP contribution in [0.4, 0.5) is 5.69 Å². The Labute approximate surface area is 94.1 Å². The number of hydrogen-bond donors (Lipinski definition) is 0. The molecule has 1 aliphatic carbocycles. The molecule has 2 fully saturated rings. The number of hydrogen-bond acceptors (Lipinski definition) is 2. The fourth-order valence-corrected chi connectivity index (χ4v) is 2.28. The van der Waals surface area contributed by atoms with Gasteiger partial charge in [0, 0.05) is 5.69 Å². The average Bonchev–Trinajstić information content (AvgIpc) is 3.05. The summed E-state index contributed by atoms with van der Waals surface area (Å²) < 4.78 is 0. The van der Waals surface area contributed by atoms with Gasteiger partial charge in [-0.25, -0.2) is 0 Å². The van der Waals surface area contributed by atoms with Gasteiger partial charge in [0.05, 0.1) is 13.0 Å². The number of amides is 1. The summed E-state index contributed by atoms with van der Waals surface area (Å²) in [6.45, 7) is 0.253. The van der Waals surface area contributed by atoms with E-state index in [0.717, 1.165) is 5.69 Å². The zero-order chi connectivity index (χ0) is 11.1. The van der Waals surface area contributed by atoms with Crippen molar-refractivity contribution in [2.24, 2.45) is 0 Å². The molecule has 1 aliphatic heterocycles. The summed E-state index contributed by atoms with van der Waals surface area (Å²) >= 11 is 0. The van der Waals surface area contributed by atoms with Crippen LogP contribution < -0.4 is 4.90 Å². The number of anilines is 1. The van der Waals surface area contributed by atoms with E-state index in [1.54, 1.807) is 4.90 Å². The van der Waals surface area contributed by atoms with E-state index in [1.807, 2.05) is 18.2 Å². The normalized spacial score (nSPS) is 20.6. The summed E-state index contributed by atoms with van der Waals surface area (Å²) in [4.78, 5) is 24.6. The van der Waals surface area contributed by atoms with Gasteiger partial charge in [0.15, 0.2) is 5.78 Å². The van der Waals surface area contributed by atoms with Crippen LogP contribution in [0.3, 0.4) is 0 Å². The molecule has 16 heavy (non-hydrogen) atoms. The maximum absolute atomic E-state index is 11.7. The molecule has 3 heteroatoms. The van der Waals surface area contributed by atoms with E-state index < -0.39 is 0 Å². The van der Waals surface area contributed by atoms with Gasteiger partial charge in [-0.1, -0.05) is 18.2 Å². The number of nitrogens with zero attached hydrogens (tertiary/aromatic N) is 1. The molecule has 1 saturated heterocycles. The Balaban J connectivity index is 1.99. The van der Waals surface area contributed by atoms with Gasteiger partial charge in [-0.3, -0.25) is 9.59 Å². The van der Waals surface area contributed by atoms with Gasteiger partial charge < -0.3 is 4.90 Å². The number of carbonyl (C=O) groups excluding carboxylic acids is 2. The van der Waals surface area contributed by atoms with Crippen LogP contribution in [0.2, 0.25) is 0 Å². The maximum Gasteiger partial charge on any atom is 0.234 e. The molecule has 0 N–H and O–H groups in total. The number of ketones is 1. The monoisotopic (exact) mass is 215 g/mol. The van der Waals surface area contributed by atoms with Crippen molar-refractivity contribution in [2.45, 2.75) is 25.2 Å². The van der Waals surface area contributed by atoms with Crippen LogP contribution in [0.25, 0.3) is 0 Å². The topological polar surface area (TPSA) is 37.4 Å². The third-order valence-corrected chi connectivity index (χ3v) is 3.23. The second-order valence-corrected chi connectivity index (χ2v) is 4.53. The molecule has 82 valence electrons. The van der Waals surface area contributed by atoms with E-state index in [4.69, 9.17) is 0 Å². The molecule has 0 aromatic heterocycles. The zero-order valence-corrected chi connectivity index (χ0v) is 8.98. The molecule has 0 unspecified atom stereocenters. The lowest BCUT2D eigenvalue weighted by Gasteiger charge is -2.18. The van der Waals surface area contributed by atoms with Gasteiger partial charge in [-0.2, -0.15) is 0 Å². The second-order valence-electron chi connectivity index (χ2n) is 4.53. The fourth-order valence-electron chi connectivity index (χ4n) is 2.28. The number of rotatable bonds is 2. The summed E-state index contributed by atoms with van der Waals surface area (Å²) in [5.41, 5.74) is 2.17. The lowest BCUT2D eigenvalue weighted by Crippen LogP contribution is -2.25. The highest BCUT2D eigenvalue weighted by Gasteiger charge is 2.33. The van der Waals surface area contributed by atoms with Gasteiger partial charge >= 0.3 is 0 Å². The Bertz CT molecular complexity index is 463. The van der Waals surface area contributed by atoms with Crippen molar-refractivity contribution < 1.29 is 9.59 Å². The van der Waals surface area contributed by atoms with Gasteiger partial charge in [0.2, 0.25) is 5.91 Å². The van der Waals surface area contributed by atoms with E-state index in [0.29, 0.717) is 5.92 Å². The quantitative estimate of drug-likeness (QED) is 0.706. The molecular formula is C13H13NO2. The number of benzene rings is 1. The Hall–Kier alpha value is -1.64. The first-order chi connectivity index (χ1) is 7.75. The standard InChI is InChI=1S/C13H13NO2/c15-10-7-13(16)14(8-10)12-4-2-1-3-11(12)9-5-6-9/h1-4,9H,5-8H2. The number of para-hydroxylation sites is 1. The Kier molecular flexibility index (Phi) is 2.06.